The summed E-state index contributed by atoms with van der Waals surface area (Å²) in [7, 11) is 1.95. The van der Waals surface area contributed by atoms with E-state index in [0.717, 1.165) is 12.2 Å². The van der Waals surface area contributed by atoms with E-state index in [4.69, 9.17) is 11.6 Å². The fraction of sp³-hybridized carbons (Fsp3) is 0.286. The minimum Gasteiger partial charge on any atom is -0.338 e. The van der Waals surface area contributed by atoms with Crippen LogP contribution < -0.4 is 10.6 Å². The van der Waals surface area contributed by atoms with Crippen molar-refractivity contribution in [3.63, 3.8) is 0 Å². The molecule has 0 spiro atoms. The summed E-state index contributed by atoms with van der Waals surface area (Å²) in [6, 6.07) is 7.17. The number of carbonyl (C=O) groups excluding carboxylic acids is 1. The van der Waals surface area contributed by atoms with Gasteiger partial charge in [0.05, 0.1) is 17.3 Å². The van der Waals surface area contributed by atoms with Gasteiger partial charge in [0.15, 0.2) is 0 Å². The van der Waals surface area contributed by atoms with E-state index in [1.165, 1.54) is 0 Å². The lowest BCUT2D eigenvalue weighted by molar-refractivity contribution is -0.115. The summed E-state index contributed by atoms with van der Waals surface area (Å²) in [6.45, 7) is 0.941. The molecule has 0 radical (unpaired) electrons. The Morgan fingerprint density at radius 2 is 2.20 bits per heavy atom. The molecule has 2 aromatic rings. The largest absolute Gasteiger partial charge is 0.338 e. The predicted molar refractivity (Wildman–Crippen MR) is 79.9 cm³/mol. The number of hydrogen-bond donors (Lipinski definition) is 2. The number of anilines is 1. The van der Waals surface area contributed by atoms with Gasteiger partial charge in [0, 0.05) is 32.4 Å². The van der Waals surface area contributed by atoms with Crippen molar-refractivity contribution in [1.29, 1.82) is 0 Å². The maximum absolute atomic E-state index is 11.7. The highest BCUT2D eigenvalue weighted by molar-refractivity contribution is 6.33. The van der Waals surface area contributed by atoms with E-state index in [-0.39, 0.29) is 12.5 Å². The average Bonchev–Trinajstić information content (AvgIpc) is 2.83. The van der Waals surface area contributed by atoms with Gasteiger partial charge in [-0.15, -0.1) is 0 Å². The SMILES string of the molecule is Cn1ccnc1CCNCC(=O)Nc1ccccc1Cl. The van der Waals surface area contributed by atoms with E-state index < -0.39 is 0 Å². The first-order valence-electron chi connectivity index (χ1n) is 6.38. The molecular formula is C14H17ClN4O. The summed E-state index contributed by atoms with van der Waals surface area (Å²) in [5, 5.41) is 6.38. The normalized spacial score (nSPS) is 10.5. The second-order valence-corrected chi connectivity index (χ2v) is 4.82. The van der Waals surface area contributed by atoms with Gasteiger partial charge in [-0.05, 0) is 12.1 Å². The van der Waals surface area contributed by atoms with Gasteiger partial charge in [-0.25, -0.2) is 4.98 Å². The molecule has 20 heavy (non-hydrogen) atoms. The zero-order valence-corrected chi connectivity index (χ0v) is 12.0. The molecule has 1 aromatic heterocycles. The van der Waals surface area contributed by atoms with Gasteiger partial charge in [-0.3, -0.25) is 4.79 Å². The number of aryl methyl sites for hydroxylation is 1. The Labute approximate surface area is 123 Å². The first-order valence-corrected chi connectivity index (χ1v) is 6.76. The first kappa shape index (κ1) is 14.6. The highest BCUT2D eigenvalue weighted by atomic mass is 35.5. The molecule has 0 aliphatic carbocycles. The van der Waals surface area contributed by atoms with Crippen LogP contribution in [0.15, 0.2) is 36.7 Å². The Hall–Kier alpha value is -1.85. The Morgan fingerprint density at radius 3 is 2.90 bits per heavy atom. The number of benzene rings is 1. The summed E-state index contributed by atoms with van der Waals surface area (Å²) < 4.78 is 1.96. The molecule has 106 valence electrons. The molecule has 0 atom stereocenters. The number of halogens is 1. The van der Waals surface area contributed by atoms with Gasteiger partial charge in [0.1, 0.15) is 5.82 Å². The summed E-state index contributed by atoms with van der Waals surface area (Å²) in [5.74, 6) is 0.877. The van der Waals surface area contributed by atoms with Crippen molar-refractivity contribution in [2.75, 3.05) is 18.4 Å². The van der Waals surface area contributed by atoms with Crippen LogP contribution in [0, 0.1) is 0 Å². The predicted octanol–water partition coefficient (Wildman–Crippen LogP) is 1.84. The molecule has 6 heteroatoms. The van der Waals surface area contributed by atoms with Crippen LogP contribution in [0.1, 0.15) is 5.82 Å². The molecule has 2 rings (SSSR count). The third-order valence-electron chi connectivity index (χ3n) is 2.88. The molecule has 0 aliphatic rings. The van der Waals surface area contributed by atoms with E-state index in [1.807, 2.05) is 29.9 Å². The molecule has 5 nitrogen and oxygen atoms in total. The van der Waals surface area contributed by atoms with Crippen LogP contribution >= 0.6 is 11.6 Å². The summed E-state index contributed by atoms with van der Waals surface area (Å²) >= 11 is 5.97. The van der Waals surface area contributed by atoms with Crippen molar-refractivity contribution in [3.05, 3.63) is 47.5 Å². The van der Waals surface area contributed by atoms with Gasteiger partial charge in [-0.1, -0.05) is 23.7 Å². The monoisotopic (exact) mass is 292 g/mol. The van der Waals surface area contributed by atoms with Crippen LogP contribution in [0.3, 0.4) is 0 Å². The fourth-order valence-corrected chi connectivity index (χ4v) is 1.98. The Balaban J connectivity index is 1.71. The topological polar surface area (TPSA) is 59.0 Å². The number of rotatable bonds is 6. The van der Waals surface area contributed by atoms with Crippen molar-refractivity contribution in [2.45, 2.75) is 6.42 Å². The molecule has 0 unspecified atom stereocenters. The molecule has 0 aliphatic heterocycles. The second kappa shape index (κ2) is 7.07. The molecule has 2 N–H and O–H groups in total. The number of nitrogens with one attached hydrogen (secondary N) is 2. The van der Waals surface area contributed by atoms with Crippen molar-refractivity contribution in [2.24, 2.45) is 7.05 Å². The maximum atomic E-state index is 11.7. The Kier molecular flexibility index (Phi) is 5.15. The van der Waals surface area contributed by atoms with Gasteiger partial charge >= 0.3 is 0 Å². The smallest absolute Gasteiger partial charge is 0.238 e. The van der Waals surface area contributed by atoms with Gasteiger partial charge < -0.3 is 15.2 Å². The molecule has 0 bridgehead atoms. The minimum atomic E-state index is -0.113. The molecule has 0 saturated carbocycles. The highest BCUT2D eigenvalue weighted by Crippen LogP contribution is 2.19. The molecule has 0 saturated heterocycles. The van der Waals surface area contributed by atoms with E-state index in [1.54, 1.807) is 18.3 Å². The molecular weight excluding hydrogens is 276 g/mol. The third-order valence-corrected chi connectivity index (χ3v) is 3.21. The van der Waals surface area contributed by atoms with Gasteiger partial charge in [0.2, 0.25) is 5.91 Å². The molecule has 0 fully saturated rings. The lowest BCUT2D eigenvalue weighted by atomic mass is 10.3. The number of para-hydroxylation sites is 1. The summed E-state index contributed by atoms with van der Waals surface area (Å²) in [5.41, 5.74) is 0.630. The quantitative estimate of drug-likeness (QED) is 0.799. The molecule has 1 amide bonds. The van der Waals surface area contributed by atoms with Gasteiger partial charge in [0.25, 0.3) is 0 Å². The number of carbonyl (C=O) groups is 1. The van der Waals surface area contributed by atoms with E-state index in [0.29, 0.717) is 17.3 Å². The number of imidazole rings is 1. The zero-order valence-electron chi connectivity index (χ0n) is 11.3. The van der Waals surface area contributed by atoms with Crippen LogP contribution in [0.25, 0.3) is 0 Å². The van der Waals surface area contributed by atoms with Crippen molar-refractivity contribution in [3.8, 4) is 0 Å². The van der Waals surface area contributed by atoms with Crippen LogP contribution in [0.2, 0.25) is 5.02 Å². The van der Waals surface area contributed by atoms with E-state index in [2.05, 4.69) is 15.6 Å². The van der Waals surface area contributed by atoms with E-state index >= 15 is 0 Å². The van der Waals surface area contributed by atoms with Crippen LogP contribution in [-0.2, 0) is 18.3 Å². The lowest BCUT2D eigenvalue weighted by Crippen LogP contribution is -2.30. The van der Waals surface area contributed by atoms with E-state index in [9.17, 15) is 4.79 Å². The summed E-state index contributed by atoms with van der Waals surface area (Å²) in [6.07, 6.45) is 4.45. The van der Waals surface area contributed by atoms with Gasteiger partial charge in [-0.2, -0.15) is 0 Å². The molecule has 1 aromatic carbocycles. The minimum absolute atomic E-state index is 0.113. The lowest BCUT2D eigenvalue weighted by Gasteiger charge is -2.08. The first-order chi connectivity index (χ1) is 9.66. The average molecular weight is 293 g/mol. The highest BCUT2D eigenvalue weighted by Gasteiger charge is 2.05. The number of hydrogen-bond acceptors (Lipinski definition) is 3. The summed E-state index contributed by atoms with van der Waals surface area (Å²) in [4.78, 5) is 16.0. The number of nitrogens with zero attached hydrogens (tertiary/aromatic N) is 2. The molecule has 1 heterocycles. The van der Waals surface area contributed by atoms with Crippen molar-refractivity contribution < 1.29 is 4.79 Å². The van der Waals surface area contributed by atoms with Crippen molar-refractivity contribution in [1.82, 2.24) is 14.9 Å². The standard InChI is InChI=1S/C14H17ClN4O/c1-19-9-8-17-13(19)6-7-16-10-14(20)18-12-5-3-2-4-11(12)15/h2-5,8-9,16H,6-7,10H2,1H3,(H,18,20). The van der Waals surface area contributed by atoms with Crippen LogP contribution in [0.5, 0.6) is 0 Å². The van der Waals surface area contributed by atoms with Crippen LogP contribution in [-0.4, -0.2) is 28.5 Å². The maximum Gasteiger partial charge on any atom is 0.238 e. The fourth-order valence-electron chi connectivity index (χ4n) is 1.80. The third kappa shape index (κ3) is 4.08. The number of amides is 1. The Bertz CT molecular complexity index is 582. The zero-order chi connectivity index (χ0) is 14.4. The second-order valence-electron chi connectivity index (χ2n) is 4.41. The number of aromatic nitrogens is 2. The van der Waals surface area contributed by atoms with Crippen LogP contribution in [0.4, 0.5) is 5.69 Å². The Morgan fingerprint density at radius 1 is 1.40 bits per heavy atom. The van der Waals surface area contributed by atoms with Crippen molar-refractivity contribution >= 4 is 23.2 Å².